The van der Waals surface area contributed by atoms with Gasteiger partial charge in [0.2, 0.25) is 0 Å². The van der Waals surface area contributed by atoms with E-state index in [4.69, 9.17) is 4.74 Å². The Kier molecular flexibility index (Phi) is 3.33. The summed E-state index contributed by atoms with van der Waals surface area (Å²) in [5.41, 5.74) is 0.581. The fraction of sp³-hybridized carbons (Fsp3) is 0.615. The number of amides is 2. The van der Waals surface area contributed by atoms with E-state index in [-0.39, 0.29) is 24.1 Å². The Labute approximate surface area is 116 Å². The number of hydrogen-bond donors (Lipinski definition) is 1. The third kappa shape index (κ3) is 2.35. The average molecular weight is 278 g/mol. The summed E-state index contributed by atoms with van der Waals surface area (Å²) >= 11 is 0. The van der Waals surface area contributed by atoms with Gasteiger partial charge in [0.05, 0.1) is 18.3 Å². The highest BCUT2D eigenvalue weighted by Gasteiger charge is 2.36. The van der Waals surface area contributed by atoms with Gasteiger partial charge in [0.1, 0.15) is 6.10 Å². The van der Waals surface area contributed by atoms with Crippen LogP contribution in [0.4, 0.5) is 4.79 Å². The highest BCUT2D eigenvalue weighted by atomic mass is 16.6. The molecule has 0 aliphatic carbocycles. The molecule has 2 fully saturated rings. The summed E-state index contributed by atoms with van der Waals surface area (Å²) in [6.45, 7) is 3.87. The number of nitrogens with zero attached hydrogens (tertiary/aromatic N) is 3. The summed E-state index contributed by atoms with van der Waals surface area (Å²) in [5.74, 6) is -0.00503. The van der Waals surface area contributed by atoms with Crippen LogP contribution in [-0.4, -0.2) is 63.8 Å². The van der Waals surface area contributed by atoms with Crippen LogP contribution < -0.4 is 0 Å². The van der Waals surface area contributed by atoms with Crippen molar-refractivity contribution in [2.45, 2.75) is 31.9 Å². The molecule has 1 unspecified atom stereocenters. The highest BCUT2D eigenvalue weighted by Crippen LogP contribution is 2.23. The lowest BCUT2D eigenvalue weighted by Gasteiger charge is -2.35. The Morgan fingerprint density at radius 3 is 2.75 bits per heavy atom. The van der Waals surface area contributed by atoms with E-state index in [1.807, 2.05) is 11.8 Å². The van der Waals surface area contributed by atoms with E-state index in [0.717, 1.165) is 12.8 Å². The Morgan fingerprint density at radius 1 is 1.45 bits per heavy atom. The quantitative estimate of drug-likeness (QED) is 0.870. The molecular formula is C13H18N4O3. The lowest BCUT2D eigenvalue weighted by atomic mass is 10.0. The molecule has 0 aromatic carbocycles. The lowest BCUT2D eigenvalue weighted by Crippen LogP contribution is -2.47. The first-order valence-electron chi connectivity index (χ1n) is 6.90. The van der Waals surface area contributed by atoms with Crippen LogP contribution in [0.15, 0.2) is 12.4 Å². The van der Waals surface area contributed by atoms with Crippen LogP contribution in [0.1, 0.15) is 30.1 Å². The molecule has 1 aromatic rings. The summed E-state index contributed by atoms with van der Waals surface area (Å²) < 4.78 is 5.15. The zero-order chi connectivity index (χ0) is 14.1. The summed E-state index contributed by atoms with van der Waals surface area (Å²) in [6.07, 6.45) is 4.48. The summed E-state index contributed by atoms with van der Waals surface area (Å²) in [4.78, 5) is 27.5. The first-order valence-corrected chi connectivity index (χ1v) is 6.90. The maximum absolute atomic E-state index is 12.2. The fourth-order valence-corrected chi connectivity index (χ4v) is 2.86. The van der Waals surface area contributed by atoms with Crippen molar-refractivity contribution in [3.8, 4) is 0 Å². The van der Waals surface area contributed by atoms with Crippen molar-refractivity contribution in [2.24, 2.45) is 0 Å². The molecule has 3 rings (SSSR count). The number of rotatable bonds is 2. The predicted molar refractivity (Wildman–Crippen MR) is 70.2 cm³/mol. The minimum absolute atomic E-state index is 0.00503. The van der Waals surface area contributed by atoms with E-state index < -0.39 is 0 Å². The molecule has 7 heteroatoms. The number of aromatic nitrogens is 2. The van der Waals surface area contributed by atoms with Crippen LogP contribution in [0.3, 0.4) is 0 Å². The Hall–Kier alpha value is -2.05. The van der Waals surface area contributed by atoms with Gasteiger partial charge in [-0.2, -0.15) is 5.10 Å². The Morgan fingerprint density at radius 2 is 2.20 bits per heavy atom. The highest BCUT2D eigenvalue weighted by molar-refractivity contribution is 5.93. The first-order chi connectivity index (χ1) is 9.65. The molecular weight excluding hydrogens is 260 g/mol. The minimum Gasteiger partial charge on any atom is -0.444 e. The number of carbonyl (C=O) groups excluding carboxylic acids is 2. The Balaban J connectivity index is 1.57. The molecule has 1 aromatic heterocycles. The topological polar surface area (TPSA) is 78.5 Å². The van der Waals surface area contributed by atoms with Crippen LogP contribution in [0.5, 0.6) is 0 Å². The molecule has 1 N–H and O–H groups in total. The monoisotopic (exact) mass is 278 g/mol. The molecule has 1 atom stereocenters. The molecule has 0 radical (unpaired) electrons. The normalized spacial score (nSPS) is 24.1. The third-order valence-corrected chi connectivity index (χ3v) is 3.93. The number of cyclic esters (lactones) is 1. The number of piperidine rings is 1. The van der Waals surface area contributed by atoms with Gasteiger partial charge in [0, 0.05) is 25.3 Å². The largest absolute Gasteiger partial charge is 0.444 e. The SMILES string of the molecule is CC1CN(C2CCN(C(=O)c3cn[nH]c3)CC2)C(=O)O1. The molecule has 2 amide bonds. The van der Waals surface area contributed by atoms with Crippen LogP contribution in [0.25, 0.3) is 0 Å². The van der Waals surface area contributed by atoms with E-state index in [2.05, 4.69) is 10.2 Å². The predicted octanol–water partition coefficient (Wildman–Crippen LogP) is 0.855. The summed E-state index contributed by atoms with van der Waals surface area (Å²) in [7, 11) is 0. The summed E-state index contributed by atoms with van der Waals surface area (Å²) in [5, 5.41) is 6.44. The fourth-order valence-electron chi connectivity index (χ4n) is 2.86. The minimum atomic E-state index is -0.225. The standard InChI is InChI=1S/C13H18N4O3/c1-9-8-17(13(19)20-9)11-2-4-16(5-3-11)12(18)10-6-14-15-7-10/h6-7,9,11H,2-5,8H2,1H3,(H,14,15). The van der Waals surface area contributed by atoms with E-state index in [1.54, 1.807) is 11.1 Å². The van der Waals surface area contributed by atoms with Crippen molar-refractivity contribution >= 4 is 12.0 Å². The number of aromatic amines is 1. The van der Waals surface area contributed by atoms with Crippen molar-refractivity contribution in [1.29, 1.82) is 0 Å². The maximum atomic E-state index is 12.2. The first kappa shape index (κ1) is 13.0. The number of ether oxygens (including phenoxy) is 1. The molecule has 20 heavy (non-hydrogen) atoms. The number of likely N-dealkylation sites (tertiary alicyclic amines) is 1. The second-order valence-electron chi connectivity index (χ2n) is 5.36. The second-order valence-corrected chi connectivity index (χ2v) is 5.36. The van der Waals surface area contributed by atoms with E-state index >= 15 is 0 Å². The maximum Gasteiger partial charge on any atom is 0.410 e. The molecule has 2 aliphatic rings. The van der Waals surface area contributed by atoms with Gasteiger partial charge in [-0.25, -0.2) is 4.79 Å². The zero-order valence-corrected chi connectivity index (χ0v) is 11.4. The molecule has 2 aliphatic heterocycles. The zero-order valence-electron chi connectivity index (χ0n) is 11.4. The van der Waals surface area contributed by atoms with Gasteiger partial charge in [-0.3, -0.25) is 9.89 Å². The van der Waals surface area contributed by atoms with Gasteiger partial charge in [-0.1, -0.05) is 0 Å². The van der Waals surface area contributed by atoms with Gasteiger partial charge in [-0.15, -0.1) is 0 Å². The van der Waals surface area contributed by atoms with Crippen molar-refractivity contribution < 1.29 is 14.3 Å². The van der Waals surface area contributed by atoms with Crippen molar-refractivity contribution in [2.75, 3.05) is 19.6 Å². The van der Waals surface area contributed by atoms with Crippen molar-refractivity contribution in [1.82, 2.24) is 20.0 Å². The van der Waals surface area contributed by atoms with Crippen molar-refractivity contribution in [3.05, 3.63) is 18.0 Å². The molecule has 3 heterocycles. The van der Waals surface area contributed by atoms with Gasteiger partial charge >= 0.3 is 6.09 Å². The van der Waals surface area contributed by atoms with Gasteiger partial charge in [0.15, 0.2) is 0 Å². The van der Waals surface area contributed by atoms with Crippen LogP contribution >= 0.6 is 0 Å². The summed E-state index contributed by atoms with van der Waals surface area (Å²) in [6, 6.07) is 0.181. The lowest BCUT2D eigenvalue weighted by molar-refractivity contribution is 0.0658. The number of nitrogens with one attached hydrogen (secondary N) is 1. The number of hydrogen-bond acceptors (Lipinski definition) is 4. The van der Waals surface area contributed by atoms with E-state index in [1.165, 1.54) is 6.20 Å². The van der Waals surface area contributed by atoms with Gasteiger partial charge in [-0.05, 0) is 19.8 Å². The van der Waals surface area contributed by atoms with Gasteiger partial charge in [0.25, 0.3) is 5.91 Å². The van der Waals surface area contributed by atoms with Gasteiger partial charge < -0.3 is 14.5 Å². The molecule has 2 saturated heterocycles. The molecule has 0 saturated carbocycles. The number of H-pyrrole nitrogens is 1. The molecule has 0 bridgehead atoms. The van der Waals surface area contributed by atoms with Crippen molar-refractivity contribution in [3.63, 3.8) is 0 Å². The molecule has 7 nitrogen and oxygen atoms in total. The average Bonchev–Trinajstić information content (AvgIpc) is 3.08. The molecule has 108 valence electrons. The van der Waals surface area contributed by atoms with E-state index in [9.17, 15) is 9.59 Å². The smallest absolute Gasteiger partial charge is 0.410 e. The van der Waals surface area contributed by atoms with Crippen LogP contribution in [0, 0.1) is 0 Å². The third-order valence-electron chi connectivity index (χ3n) is 3.93. The van der Waals surface area contributed by atoms with Crippen LogP contribution in [0.2, 0.25) is 0 Å². The second kappa shape index (κ2) is 5.15. The van der Waals surface area contributed by atoms with Crippen LogP contribution in [-0.2, 0) is 4.74 Å². The Bertz CT molecular complexity index is 494. The number of carbonyl (C=O) groups is 2. The molecule has 0 spiro atoms. The van der Waals surface area contributed by atoms with E-state index in [0.29, 0.717) is 25.2 Å².